The molecule has 0 aliphatic carbocycles. The lowest BCUT2D eigenvalue weighted by molar-refractivity contribution is -0.111. The number of anilines is 2. The molecule has 166 valence electrons. The first-order valence-electron chi connectivity index (χ1n) is 10.3. The minimum absolute atomic E-state index is 0.264. The number of rotatable bonds is 9. The highest BCUT2D eigenvalue weighted by Crippen LogP contribution is 2.37. The average molecular weight is 451 g/mol. The van der Waals surface area contributed by atoms with Crippen molar-refractivity contribution >= 4 is 40.6 Å². The minimum Gasteiger partial charge on any atom is -0.492 e. The summed E-state index contributed by atoms with van der Waals surface area (Å²) in [4.78, 5) is 26.2. The fourth-order valence-corrected chi connectivity index (χ4v) is 3.79. The Labute approximate surface area is 191 Å². The Morgan fingerprint density at radius 2 is 1.56 bits per heavy atom. The molecule has 1 heterocycles. The number of ether oxygens (including phenoxy) is 2. The fourth-order valence-electron chi connectivity index (χ4n) is 2.97. The third-order valence-corrected chi connectivity index (χ3v) is 5.50. The molecule has 3 rings (SSSR count). The number of hydrogen-bond donors (Lipinski definition) is 2. The minimum atomic E-state index is -0.290. The highest BCUT2D eigenvalue weighted by Gasteiger charge is 2.16. The van der Waals surface area contributed by atoms with E-state index in [0.717, 1.165) is 10.4 Å². The molecule has 0 unspecified atom stereocenters. The van der Waals surface area contributed by atoms with E-state index < -0.39 is 0 Å². The van der Waals surface area contributed by atoms with Crippen LogP contribution in [0, 0.1) is 6.92 Å². The van der Waals surface area contributed by atoms with Gasteiger partial charge in [-0.1, -0.05) is 18.2 Å². The zero-order valence-electron chi connectivity index (χ0n) is 18.3. The van der Waals surface area contributed by atoms with Gasteiger partial charge in [0.05, 0.1) is 24.6 Å². The maximum atomic E-state index is 12.6. The molecule has 0 saturated heterocycles. The first-order chi connectivity index (χ1) is 15.5. The lowest BCUT2D eigenvalue weighted by Gasteiger charge is -2.17. The SMILES string of the molecule is CCOc1cc(NC(=O)c2ccccc2)c(OCC)cc1NC(=O)/C=C/c1sccc1C. The van der Waals surface area contributed by atoms with Gasteiger partial charge in [-0.2, -0.15) is 0 Å². The van der Waals surface area contributed by atoms with E-state index >= 15 is 0 Å². The smallest absolute Gasteiger partial charge is 0.255 e. The number of nitrogens with one attached hydrogen (secondary N) is 2. The number of aryl methyl sites for hydroxylation is 1. The van der Waals surface area contributed by atoms with Crippen LogP contribution in [0.25, 0.3) is 6.08 Å². The third-order valence-electron chi connectivity index (χ3n) is 4.51. The van der Waals surface area contributed by atoms with Crippen LogP contribution in [-0.2, 0) is 4.79 Å². The largest absolute Gasteiger partial charge is 0.492 e. The lowest BCUT2D eigenvalue weighted by Crippen LogP contribution is -2.14. The van der Waals surface area contributed by atoms with E-state index in [9.17, 15) is 9.59 Å². The Morgan fingerprint density at radius 1 is 0.938 bits per heavy atom. The monoisotopic (exact) mass is 450 g/mol. The second-order valence-electron chi connectivity index (χ2n) is 6.82. The van der Waals surface area contributed by atoms with Crippen molar-refractivity contribution < 1.29 is 19.1 Å². The Kier molecular flexibility index (Phi) is 8.05. The van der Waals surface area contributed by atoms with Gasteiger partial charge in [-0.3, -0.25) is 9.59 Å². The van der Waals surface area contributed by atoms with E-state index in [1.165, 1.54) is 6.08 Å². The molecule has 6 nitrogen and oxygen atoms in total. The molecular weight excluding hydrogens is 424 g/mol. The number of carbonyl (C=O) groups excluding carboxylic acids is 2. The van der Waals surface area contributed by atoms with Crippen LogP contribution in [0.2, 0.25) is 0 Å². The van der Waals surface area contributed by atoms with Crippen molar-refractivity contribution in [3.05, 3.63) is 76.0 Å². The van der Waals surface area contributed by atoms with E-state index in [4.69, 9.17) is 9.47 Å². The van der Waals surface area contributed by atoms with E-state index in [1.807, 2.05) is 38.3 Å². The van der Waals surface area contributed by atoms with Gasteiger partial charge in [0.1, 0.15) is 11.5 Å². The van der Waals surface area contributed by atoms with E-state index in [1.54, 1.807) is 53.8 Å². The van der Waals surface area contributed by atoms with Crippen LogP contribution in [0.5, 0.6) is 11.5 Å². The molecule has 2 amide bonds. The van der Waals surface area contributed by atoms with E-state index in [2.05, 4.69) is 10.6 Å². The molecule has 0 bridgehead atoms. The molecular formula is C25H26N2O4S. The van der Waals surface area contributed by atoms with Gasteiger partial charge in [-0.15, -0.1) is 11.3 Å². The number of hydrogen-bond acceptors (Lipinski definition) is 5. The molecule has 2 N–H and O–H groups in total. The summed E-state index contributed by atoms with van der Waals surface area (Å²) < 4.78 is 11.5. The molecule has 0 saturated carbocycles. The molecule has 0 fully saturated rings. The second-order valence-corrected chi connectivity index (χ2v) is 7.77. The summed E-state index contributed by atoms with van der Waals surface area (Å²) >= 11 is 1.57. The second kappa shape index (κ2) is 11.2. The van der Waals surface area contributed by atoms with Crippen molar-refractivity contribution in [2.45, 2.75) is 20.8 Å². The van der Waals surface area contributed by atoms with Gasteiger partial charge in [0.25, 0.3) is 5.91 Å². The Balaban J connectivity index is 1.86. The number of carbonyl (C=O) groups is 2. The topological polar surface area (TPSA) is 76.7 Å². The molecule has 1 aromatic heterocycles. The third kappa shape index (κ3) is 5.98. The van der Waals surface area contributed by atoms with E-state index in [0.29, 0.717) is 41.7 Å². The van der Waals surface area contributed by atoms with Gasteiger partial charge in [-0.25, -0.2) is 0 Å². The quantitative estimate of drug-likeness (QED) is 0.407. The Morgan fingerprint density at radius 3 is 2.12 bits per heavy atom. The summed E-state index contributed by atoms with van der Waals surface area (Å²) in [7, 11) is 0. The lowest BCUT2D eigenvalue weighted by atomic mass is 10.2. The predicted molar refractivity (Wildman–Crippen MR) is 130 cm³/mol. The zero-order chi connectivity index (χ0) is 22.9. The first-order valence-corrected chi connectivity index (χ1v) is 11.2. The molecule has 2 aromatic carbocycles. The average Bonchev–Trinajstić information content (AvgIpc) is 3.20. The van der Waals surface area contributed by atoms with Crippen molar-refractivity contribution in [3.63, 3.8) is 0 Å². The van der Waals surface area contributed by atoms with Crippen LogP contribution >= 0.6 is 11.3 Å². The first kappa shape index (κ1) is 23.1. The standard InChI is InChI=1S/C25H26N2O4S/c1-4-30-21-16-20(27-25(29)18-9-7-6-8-10-18)22(31-5-2)15-19(21)26-24(28)12-11-23-17(3)13-14-32-23/h6-16H,4-5H2,1-3H3,(H,26,28)(H,27,29)/b12-11+. The fraction of sp³-hybridized carbons (Fsp3) is 0.200. The molecule has 7 heteroatoms. The van der Waals surface area contributed by atoms with Crippen LogP contribution in [0.1, 0.15) is 34.6 Å². The molecule has 0 aliphatic rings. The van der Waals surface area contributed by atoms with Crippen molar-refractivity contribution in [2.75, 3.05) is 23.8 Å². The molecule has 3 aromatic rings. The van der Waals surface area contributed by atoms with Crippen molar-refractivity contribution in [1.82, 2.24) is 0 Å². The summed E-state index contributed by atoms with van der Waals surface area (Å²) in [5, 5.41) is 7.70. The van der Waals surface area contributed by atoms with Gasteiger partial charge >= 0.3 is 0 Å². The summed E-state index contributed by atoms with van der Waals surface area (Å²) in [6.07, 6.45) is 3.27. The van der Waals surface area contributed by atoms with Gasteiger partial charge < -0.3 is 20.1 Å². The summed E-state index contributed by atoms with van der Waals surface area (Å²) in [6.45, 7) is 6.49. The molecule has 32 heavy (non-hydrogen) atoms. The van der Waals surface area contributed by atoms with E-state index in [-0.39, 0.29) is 11.8 Å². The summed E-state index contributed by atoms with van der Waals surface area (Å²) in [5.41, 5.74) is 2.57. The van der Waals surface area contributed by atoms with Gasteiger partial charge in [-0.05, 0) is 56.0 Å². The van der Waals surface area contributed by atoms with Crippen LogP contribution < -0.4 is 20.1 Å². The maximum Gasteiger partial charge on any atom is 0.255 e. The van der Waals surface area contributed by atoms with Crippen LogP contribution in [0.3, 0.4) is 0 Å². The van der Waals surface area contributed by atoms with Crippen LogP contribution in [0.15, 0.2) is 60.0 Å². The highest BCUT2D eigenvalue weighted by atomic mass is 32.1. The number of thiophene rings is 1. The van der Waals surface area contributed by atoms with Gasteiger partial charge in [0.15, 0.2) is 0 Å². The van der Waals surface area contributed by atoms with Crippen molar-refractivity contribution in [1.29, 1.82) is 0 Å². The van der Waals surface area contributed by atoms with Crippen LogP contribution in [-0.4, -0.2) is 25.0 Å². The molecule has 0 spiro atoms. The molecule has 0 atom stereocenters. The number of amides is 2. The molecule has 0 aliphatic heterocycles. The Bertz CT molecular complexity index is 1110. The maximum absolute atomic E-state index is 12.6. The van der Waals surface area contributed by atoms with Gasteiger partial charge in [0.2, 0.25) is 5.91 Å². The van der Waals surface area contributed by atoms with Crippen molar-refractivity contribution in [2.24, 2.45) is 0 Å². The summed E-state index contributed by atoms with van der Waals surface area (Å²) in [6, 6.07) is 14.2. The predicted octanol–water partition coefficient (Wildman–Crippen LogP) is 5.76. The highest BCUT2D eigenvalue weighted by molar-refractivity contribution is 7.11. The number of benzene rings is 2. The zero-order valence-corrected chi connectivity index (χ0v) is 19.1. The van der Waals surface area contributed by atoms with Gasteiger partial charge in [0, 0.05) is 28.6 Å². The Hall–Kier alpha value is -3.58. The van der Waals surface area contributed by atoms with Crippen LogP contribution in [0.4, 0.5) is 11.4 Å². The normalized spacial score (nSPS) is 10.7. The summed E-state index contributed by atoms with van der Waals surface area (Å²) in [5.74, 6) is 0.323. The molecule has 0 radical (unpaired) electrons. The van der Waals surface area contributed by atoms with Crippen molar-refractivity contribution in [3.8, 4) is 11.5 Å².